The fraction of sp³-hybridized carbons (Fsp3) is 0.944. The molecule has 3 fully saturated rings. The molecule has 0 heterocycles. The molecule has 0 saturated heterocycles. The molecule has 220 valence electrons. The smallest absolute Gasteiger partial charge is 0.0253 e. The van der Waals surface area contributed by atoms with E-state index in [9.17, 15) is 0 Å². The number of allylic oxidation sites excluding steroid dienone is 1. The van der Waals surface area contributed by atoms with E-state index in [2.05, 4.69) is 46.0 Å². The summed E-state index contributed by atoms with van der Waals surface area (Å²) in [4.78, 5) is 0. The van der Waals surface area contributed by atoms with Crippen molar-refractivity contribution < 1.29 is 0 Å². The molecule has 4 aliphatic rings. The number of hydrogen-bond donors (Lipinski definition) is 2. The second kappa shape index (κ2) is 14.0. The summed E-state index contributed by atoms with van der Waals surface area (Å²) in [6.45, 7) is 14.9. The van der Waals surface area contributed by atoms with Gasteiger partial charge in [-0.05, 0) is 124 Å². The molecule has 0 bridgehead atoms. The quantitative estimate of drug-likeness (QED) is 0.165. The van der Waals surface area contributed by atoms with Crippen molar-refractivity contribution in [3.05, 3.63) is 11.6 Å². The zero-order valence-corrected chi connectivity index (χ0v) is 26.3. The predicted molar refractivity (Wildman–Crippen MR) is 166 cm³/mol. The van der Waals surface area contributed by atoms with Gasteiger partial charge in [-0.25, -0.2) is 0 Å². The maximum atomic E-state index is 5.61. The van der Waals surface area contributed by atoms with E-state index >= 15 is 0 Å². The van der Waals surface area contributed by atoms with Crippen molar-refractivity contribution in [3.63, 3.8) is 0 Å². The third-order valence-corrected chi connectivity index (χ3v) is 12.6. The summed E-state index contributed by atoms with van der Waals surface area (Å²) in [7, 11) is 0. The molecule has 2 heteroatoms. The number of nitrogens with two attached hydrogens (primary N) is 1. The first-order valence-electron chi connectivity index (χ1n) is 17.4. The van der Waals surface area contributed by atoms with Crippen LogP contribution in [-0.2, 0) is 0 Å². The second-order valence-electron chi connectivity index (χ2n) is 15.4. The SMILES string of the molecule is CC(C)CCC[C@@H](C)[C@H]1CC[C@H]2[C@@H]3CCC4=C[C@@H](NCCCCCCCCCN)CC[C@]4(C)[C@H]3CC[C@]12C. The maximum absolute atomic E-state index is 5.61. The topological polar surface area (TPSA) is 38.0 Å². The van der Waals surface area contributed by atoms with Crippen molar-refractivity contribution in [2.75, 3.05) is 13.1 Å². The highest BCUT2D eigenvalue weighted by Gasteiger charge is 2.59. The van der Waals surface area contributed by atoms with Crippen LogP contribution in [0.25, 0.3) is 0 Å². The Kier molecular flexibility index (Phi) is 11.3. The lowest BCUT2D eigenvalue weighted by Crippen LogP contribution is -2.51. The summed E-state index contributed by atoms with van der Waals surface area (Å²) in [6.07, 6.45) is 28.2. The minimum Gasteiger partial charge on any atom is -0.330 e. The molecule has 3 saturated carbocycles. The molecule has 0 radical (unpaired) electrons. The van der Waals surface area contributed by atoms with Gasteiger partial charge < -0.3 is 11.1 Å². The zero-order chi connectivity index (χ0) is 27.2. The van der Waals surface area contributed by atoms with Gasteiger partial charge in [0.1, 0.15) is 0 Å². The predicted octanol–water partition coefficient (Wildman–Crippen LogP) is 9.68. The Bertz CT molecular complexity index is 742. The number of hydrogen-bond acceptors (Lipinski definition) is 2. The van der Waals surface area contributed by atoms with Crippen LogP contribution in [0.3, 0.4) is 0 Å². The first kappa shape index (κ1) is 30.6. The van der Waals surface area contributed by atoms with Gasteiger partial charge in [0.15, 0.2) is 0 Å². The largest absolute Gasteiger partial charge is 0.330 e. The molecular weight excluding hydrogens is 460 g/mol. The molecule has 0 aromatic rings. The van der Waals surface area contributed by atoms with Gasteiger partial charge in [0.05, 0.1) is 0 Å². The molecule has 4 aliphatic carbocycles. The lowest BCUT2D eigenvalue weighted by molar-refractivity contribution is -0.0599. The Morgan fingerprint density at radius 1 is 0.816 bits per heavy atom. The average molecular weight is 527 g/mol. The first-order chi connectivity index (χ1) is 18.3. The highest BCUT2D eigenvalue weighted by molar-refractivity contribution is 5.26. The van der Waals surface area contributed by atoms with Gasteiger partial charge in [0.25, 0.3) is 0 Å². The van der Waals surface area contributed by atoms with Crippen LogP contribution >= 0.6 is 0 Å². The van der Waals surface area contributed by atoms with Crippen LogP contribution in [-0.4, -0.2) is 19.1 Å². The number of fused-ring (bicyclic) bond motifs is 5. The van der Waals surface area contributed by atoms with Gasteiger partial charge in [0.2, 0.25) is 0 Å². The van der Waals surface area contributed by atoms with Gasteiger partial charge in [-0.1, -0.05) is 97.6 Å². The van der Waals surface area contributed by atoms with Crippen molar-refractivity contribution in [2.24, 2.45) is 52.1 Å². The molecule has 0 spiro atoms. The standard InChI is InChI=1S/C36H66N2/c1-27(2)14-13-15-28(3)32-18-19-33-31-17-16-29-26-30(38-25-12-10-8-6-7-9-11-24-37)20-22-35(29,4)34(31)21-23-36(32,33)5/h26-28,30-34,38H,6-25,37H2,1-5H3/t28-,30+,31+,32-,33+,34+,35+,36-/m1/s1. The van der Waals surface area contributed by atoms with Gasteiger partial charge >= 0.3 is 0 Å². The molecule has 3 N–H and O–H groups in total. The molecule has 0 aromatic carbocycles. The third-order valence-electron chi connectivity index (χ3n) is 12.6. The lowest BCUT2D eigenvalue weighted by Gasteiger charge is -2.59. The molecule has 0 aliphatic heterocycles. The van der Waals surface area contributed by atoms with Crippen LogP contribution in [0.1, 0.15) is 150 Å². The minimum atomic E-state index is 0.493. The monoisotopic (exact) mass is 527 g/mol. The van der Waals surface area contributed by atoms with Crippen LogP contribution in [0.15, 0.2) is 11.6 Å². The molecule has 0 unspecified atom stereocenters. The van der Waals surface area contributed by atoms with Crippen molar-refractivity contribution in [2.45, 2.75) is 156 Å². The average Bonchev–Trinajstić information content (AvgIpc) is 3.25. The van der Waals surface area contributed by atoms with Crippen LogP contribution in [0, 0.1) is 46.3 Å². The van der Waals surface area contributed by atoms with Gasteiger partial charge in [-0.2, -0.15) is 0 Å². The molecule has 38 heavy (non-hydrogen) atoms. The second-order valence-corrected chi connectivity index (χ2v) is 15.4. The number of rotatable bonds is 15. The highest BCUT2D eigenvalue weighted by atomic mass is 14.9. The van der Waals surface area contributed by atoms with E-state index in [0.717, 1.165) is 42.1 Å². The normalized spacial score (nSPS) is 37.4. The van der Waals surface area contributed by atoms with Crippen LogP contribution in [0.4, 0.5) is 0 Å². The van der Waals surface area contributed by atoms with E-state index in [1.807, 2.05) is 5.57 Å². The fourth-order valence-electron chi connectivity index (χ4n) is 10.4. The Labute approximate surface area is 238 Å². The Morgan fingerprint density at radius 3 is 2.29 bits per heavy atom. The Balaban J connectivity index is 1.27. The number of nitrogens with one attached hydrogen (secondary N) is 1. The van der Waals surface area contributed by atoms with Crippen molar-refractivity contribution in [3.8, 4) is 0 Å². The summed E-state index contributed by atoms with van der Waals surface area (Å²) in [6, 6.07) is 0.635. The molecular formula is C36H66N2. The van der Waals surface area contributed by atoms with E-state index in [1.165, 1.54) is 122 Å². The highest BCUT2D eigenvalue weighted by Crippen LogP contribution is 2.67. The molecule has 8 atom stereocenters. The van der Waals surface area contributed by atoms with E-state index in [4.69, 9.17) is 5.73 Å². The van der Waals surface area contributed by atoms with Crippen LogP contribution in [0.2, 0.25) is 0 Å². The van der Waals surface area contributed by atoms with Gasteiger partial charge in [-0.15, -0.1) is 0 Å². The van der Waals surface area contributed by atoms with Crippen molar-refractivity contribution >= 4 is 0 Å². The minimum absolute atomic E-state index is 0.493. The van der Waals surface area contributed by atoms with Crippen molar-refractivity contribution in [1.82, 2.24) is 5.32 Å². The summed E-state index contributed by atoms with van der Waals surface area (Å²) < 4.78 is 0. The molecule has 4 rings (SSSR count). The molecule has 0 amide bonds. The molecule has 2 nitrogen and oxygen atoms in total. The van der Waals surface area contributed by atoms with E-state index in [-0.39, 0.29) is 0 Å². The van der Waals surface area contributed by atoms with Gasteiger partial charge in [-0.3, -0.25) is 0 Å². The maximum Gasteiger partial charge on any atom is 0.0253 e. The van der Waals surface area contributed by atoms with Crippen LogP contribution in [0.5, 0.6) is 0 Å². The fourth-order valence-corrected chi connectivity index (χ4v) is 10.4. The summed E-state index contributed by atoms with van der Waals surface area (Å²) in [5, 5.41) is 3.95. The van der Waals surface area contributed by atoms with Gasteiger partial charge in [0, 0.05) is 6.04 Å². The summed E-state index contributed by atoms with van der Waals surface area (Å²) >= 11 is 0. The summed E-state index contributed by atoms with van der Waals surface area (Å²) in [5.74, 6) is 5.72. The first-order valence-corrected chi connectivity index (χ1v) is 17.4. The Morgan fingerprint density at radius 2 is 1.55 bits per heavy atom. The van der Waals surface area contributed by atoms with Crippen LogP contribution < -0.4 is 11.1 Å². The van der Waals surface area contributed by atoms with E-state index in [1.54, 1.807) is 0 Å². The lowest BCUT2D eigenvalue weighted by atomic mass is 9.46. The van der Waals surface area contributed by atoms with Crippen molar-refractivity contribution in [1.29, 1.82) is 0 Å². The zero-order valence-electron chi connectivity index (χ0n) is 26.3. The summed E-state index contributed by atoms with van der Waals surface area (Å²) in [5.41, 5.74) is 8.58. The number of unbranched alkanes of at least 4 members (excludes halogenated alkanes) is 6. The molecule has 0 aromatic heterocycles. The Hall–Kier alpha value is -0.340. The third kappa shape index (κ3) is 6.92. The van der Waals surface area contributed by atoms with E-state index in [0.29, 0.717) is 16.9 Å². The van der Waals surface area contributed by atoms with E-state index < -0.39 is 0 Å².